The van der Waals surface area contributed by atoms with Crippen LogP contribution in [0.4, 0.5) is 0 Å². The molecule has 0 saturated heterocycles. The highest BCUT2D eigenvalue weighted by molar-refractivity contribution is 7.89. The first-order valence-electron chi connectivity index (χ1n) is 6.46. The van der Waals surface area contributed by atoms with Gasteiger partial charge in [0.05, 0.1) is 11.4 Å². The van der Waals surface area contributed by atoms with Gasteiger partial charge < -0.3 is 5.11 Å². The molecule has 0 bridgehead atoms. The highest BCUT2D eigenvalue weighted by atomic mass is 32.2. The van der Waals surface area contributed by atoms with Crippen LogP contribution in [-0.4, -0.2) is 29.8 Å². The molecular formula is C13H19N3O3S2. The molecule has 21 heavy (non-hydrogen) atoms. The lowest BCUT2D eigenvalue weighted by Crippen LogP contribution is -2.29. The molecule has 0 aliphatic carbocycles. The number of nitrogens with zero attached hydrogens (tertiary/aromatic N) is 2. The molecule has 0 aromatic carbocycles. The fourth-order valence-corrected chi connectivity index (χ4v) is 4.61. The van der Waals surface area contributed by atoms with Crippen molar-refractivity contribution in [2.24, 2.45) is 7.05 Å². The first-order chi connectivity index (χ1) is 9.74. The van der Waals surface area contributed by atoms with Gasteiger partial charge in [-0.05, 0) is 37.8 Å². The minimum absolute atomic E-state index is 0.0581. The molecule has 2 aromatic heterocycles. The van der Waals surface area contributed by atoms with Gasteiger partial charge in [-0.3, -0.25) is 4.68 Å². The highest BCUT2D eigenvalue weighted by Gasteiger charge is 2.25. The topological polar surface area (TPSA) is 84.2 Å². The van der Waals surface area contributed by atoms with Crippen LogP contribution in [-0.2, 0) is 17.1 Å². The molecule has 0 aliphatic heterocycles. The molecular weight excluding hydrogens is 310 g/mol. The first kappa shape index (κ1) is 16.2. The number of hydrogen-bond donors (Lipinski definition) is 2. The Morgan fingerprint density at radius 3 is 2.57 bits per heavy atom. The molecule has 6 nitrogen and oxygen atoms in total. The zero-order valence-electron chi connectivity index (χ0n) is 12.4. The van der Waals surface area contributed by atoms with E-state index in [4.69, 9.17) is 0 Å². The Morgan fingerprint density at radius 2 is 2.10 bits per heavy atom. The van der Waals surface area contributed by atoms with Crippen LogP contribution < -0.4 is 4.72 Å². The van der Waals surface area contributed by atoms with Crippen molar-refractivity contribution < 1.29 is 13.5 Å². The van der Waals surface area contributed by atoms with Crippen molar-refractivity contribution >= 4 is 21.4 Å². The molecule has 2 rings (SSSR count). The fourth-order valence-electron chi connectivity index (χ4n) is 2.22. The number of sulfonamides is 1. The van der Waals surface area contributed by atoms with E-state index in [1.165, 1.54) is 16.0 Å². The van der Waals surface area contributed by atoms with E-state index in [0.717, 1.165) is 10.4 Å². The van der Waals surface area contributed by atoms with Crippen LogP contribution in [0.25, 0.3) is 0 Å². The van der Waals surface area contributed by atoms with E-state index in [9.17, 15) is 13.5 Å². The molecule has 1 atom stereocenters. The van der Waals surface area contributed by atoms with Crippen LogP contribution in [0.1, 0.15) is 27.9 Å². The summed E-state index contributed by atoms with van der Waals surface area (Å²) in [5.41, 5.74) is 1.98. The lowest BCUT2D eigenvalue weighted by atomic mass is 10.2. The molecule has 1 unspecified atom stereocenters. The van der Waals surface area contributed by atoms with Gasteiger partial charge in [-0.1, -0.05) is 0 Å². The van der Waals surface area contributed by atoms with E-state index in [-0.39, 0.29) is 11.4 Å². The second-order valence-electron chi connectivity index (χ2n) is 4.96. The molecule has 8 heteroatoms. The summed E-state index contributed by atoms with van der Waals surface area (Å²) in [6, 6.07) is 1.90. The lowest BCUT2D eigenvalue weighted by Gasteiger charge is -2.12. The first-order valence-corrected chi connectivity index (χ1v) is 8.82. The maximum atomic E-state index is 12.4. The maximum absolute atomic E-state index is 12.4. The Kier molecular flexibility index (Phi) is 4.52. The molecule has 2 N–H and O–H groups in total. The number of hydrogen-bond acceptors (Lipinski definition) is 5. The van der Waals surface area contributed by atoms with E-state index in [1.807, 2.05) is 18.4 Å². The summed E-state index contributed by atoms with van der Waals surface area (Å²) in [5, 5.41) is 16.1. The molecule has 0 amide bonds. The fraction of sp³-hybridized carbons (Fsp3) is 0.462. The molecule has 116 valence electrons. The molecule has 2 heterocycles. The number of thiophene rings is 1. The lowest BCUT2D eigenvalue weighted by molar-refractivity contribution is 0.185. The van der Waals surface area contributed by atoms with Gasteiger partial charge in [0.2, 0.25) is 10.0 Å². The molecule has 0 aliphatic rings. The molecule has 0 fully saturated rings. The SMILES string of the molecule is Cc1ccsc1C(O)CNS(=O)(=O)c1c(C)nn(C)c1C. The monoisotopic (exact) mass is 329 g/mol. The quantitative estimate of drug-likeness (QED) is 0.869. The summed E-state index contributed by atoms with van der Waals surface area (Å²) in [6.45, 7) is 5.19. The largest absolute Gasteiger partial charge is 0.386 e. The maximum Gasteiger partial charge on any atom is 0.244 e. The van der Waals surface area contributed by atoms with Crippen LogP contribution in [0.2, 0.25) is 0 Å². The van der Waals surface area contributed by atoms with E-state index >= 15 is 0 Å². The Hall–Kier alpha value is -1.22. The second kappa shape index (κ2) is 5.88. The Bertz CT molecular complexity index is 747. The van der Waals surface area contributed by atoms with Gasteiger partial charge in [0.1, 0.15) is 11.0 Å². The van der Waals surface area contributed by atoms with Crippen molar-refractivity contribution in [1.29, 1.82) is 0 Å². The zero-order chi connectivity index (χ0) is 15.8. The van der Waals surface area contributed by atoms with E-state index in [1.54, 1.807) is 20.9 Å². The van der Waals surface area contributed by atoms with Crippen LogP contribution >= 0.6 is 11.3 Å². The smallest absolute Gasteiger partial charge is 0.244 e. The average Bonchev–Trinajstić information content (AvgIpc) is 2.91. The van der Waals surface area contributed by atoms with Crippen molar-refractivity contribution in [3.8, 4) is 0 Å². The normalized spacial score (nSPS) is 13.6. The summed E-state index contributed by atoms with van der Waals surface area (Å²) in [6.07, 6.45) is -0.850. The summed E-state index contributed by atoms with van der Waals surface area (Å²) >= 11 is 1.41. The Balaban J connectivity index is 2.17. The van der Waals surface area contributed by atoms with Crippen LogP contribution in [0.5, 0.6) is 0 Å². The summed E-state index contributed by atoms with van der Waals surface area (Å²) in [7, 11) is -1.99. The van der Waals surface area contributed by atoms with Gasteiger partial charge in [0, 0.05) is 18.5 Å². The third-order valence-corrected chi connectivity index (χ3v) is 6.18. The van der Waals surface area contributed by atoms with Crippen LogP contribution in [0, 0.1) is 20.8 Å². The number of aliphatic hydroxyl groups is 1. The predicted molar refractivity (Wildman–Crippen MR) is 81.9 cm³/mol. The number of rotatable bonds is 5. The summed E-state index contributed by atoms with van der Waals surface area (Å²) < 4.78 is 28.7. The van der Waals surface area contributed by atoms with E-state index in [2.05, 4.69) is 9.82 Å². The number of aromatic nitrogens is 2. The van der Waals surface area contributed by atoms with Gasteiger partial charge in [-0.2, -0.15) is 5.10 Å². The van der Waals surface area contributed by atoms with Gasteiger partial charge >= 0.3 is 0 Å². The number of aliphatic hydroxyl groups excluding tert-OH is 1. The molecule has 0 spiro atoms. The van der Waals surface area contributed by atoms with Gasteiger partial charge in [-0.25, -0.2) is 13.1 Å². The highest BCUT2D eigenvalue weighted by Crippen LogP contribution is 2.24. The second-order valence-corrected chi connectivity index (χ2v) is 7.61. The Morgan fingerprint density at radius 1 is 1.43 bits per heavy atom. The Labute approximate surface area is 128 Å². The molecule has 2 aromatic rings. The molecule has 0 radical (unpaired) electrons. The minimum atomic E-state index is -3.69. The average molecular weight is 329 g/mol. The number of aryl methyl sites for hydroxylation is 3. The molecule has 0 saturated carbocycles. The minimum Gasteiger partial charge on any atom is -0.386 e. The van der Waals surface area contributed by atoms with Gasteiger partial charge in [0.25, 0.3) is 0 Å². The standard InChI is InChI=1S/C13H19N3O3S2/c1-8-5-6-20-12(8)11(17)7-14-21(18,19)13-9(2)15-16(4)10(13)3/h5-6,11,14,17H,7H2,1-4H3. The van der Waals surface area contributed by atoms with Crippen molar-refractivity contribution in [2.75, 3.05) is 6.54 Å². The summed E-state index contributed by atoms with van der Waals surface area (Å²) in [4.78, 5) is 0.956. The third kappa shape index (κ3) is 3.18. The van der Waals surface area contributed by atoms with Crippen LogP contribution in [0.3, 0.4) is 0 Å². The summed E-state index contributed by atoms with van der Waals surface area (Å²) in [5.74, 6) is 0. The van der Waals surface area contributed by atoms with Crippen molar-refractivity contribution in [2.45, 2.75) is 31.8 Å². The van der Waals surface area contributed by atoms with Gasteiger partial charge in [0.15, 0.2) is 0 Å². The van der Waals surface area contributed by atoms with Crippen LogP contribution in [0.15, 0.2) is 16.3 Å². The zero-order valence-corrected chi connectivity index (χ0v) is 14.0. The van der Waals surface area contributed by atoms with Crippen molar-refractivity contribution in [3.63, 3.8) is 0 Å². The number of nitrogens with one attached hydrogen (secondary N) is 1. The van der Waals surface area contributed by atoms with Gasteiger partial charge in [-0.15, -0.1) is 11.3 Å². The predicted octanol–water partition coefficient (Wildman–Crippen LogP) is 1.42. The third-order valence-electron chi connectivity index (χ3n) is 3.38. The van der Waals surface area contributed by atoms with E-state index in [0.29, 0.717) is 11.4 Å². The van der Waals surface area contributed by atoms with E-state index < -0.39 is 16.1 Å². The van der Waals surface area contributed by atoms with Crippen molar-refractivity contribution in [1.82, 2.24) is 14.5 Å². The van der Waals surface area contributed by atoms with Crippen molar-refractivity contribution in [3.05, 3.63) is 33.3 Å².